The van der Waals surface area contributed by atoms with E-state index in [4.69, 9.17) is 14.2 Å². The van der Waals surface area contributed by atoms with Crippen LogP contribution in [-0.4, -0.2) is 37.2 Å². The average molecular weight is 1090 g/mol. The number of hydrogen-bond acceptors (Lipinski definition) is 6. The fourth-order valence-electron chi connectivity index (χ4n) is 9.93. The molecule has 0 aromatic carbocycles. The molecule has 0 aromatic rings. The van der Waals surface area contributed by atoms with Crippen molar-refractivity contribution in [2.24, 2.45) is 0 Å². The molecule has 0 aliphatic rings. The van der Waals surface area contributed by atoms with Gasteiger partial charge in [-0.25, -0.2) is 0 Å². The molecular weight excluding hydrogens is 961 g/mol. The van der Waals surface area contributed by atoms with Gasteiger partial charge in [-0.15, -0.1) is 0 Å². The first-order valence-corrected chi connectivity index (χ1v) is 33.9. The lowest BCUT2D eigenvalue weighted by Crippen LogP contribution is -2.30. The van der Waals surface area contributed by atoms with Crippen molar-refractivity contribution in [3.05, 3.63) is 72.9 Å². The van der Waals surface area contributed by atoms with Gasteiger partial charge in [0.15, 0.2) is 6.10 Å². The van der Waals surface area contributed by atoms with Gasteiger partial charge in [-0.2, -0.15) is 0 Å². The maximum Gasteiger partial charge on any atom is 0.310 e. The van der Waals surface area contributed by atoms with E-state index in [2.05, 4.69) is 81.5 Å². The molecule has 0 aliphatic heterocycles. The van der Waals surface area contributed by atoms with Gasteiger partial charge in [0.2, 0.25) is 0 Å². The summed E-state index contributed by atoms with van der Waals surface area (Å²) in [5.41, 5.74) is 0. The van der Waals surface area contributed by atoms with Gasteiger partial charge in [0.25, 0.3) is 0 Å². The van der Waals surface area contributed by atoms with E-state index < -0.39 is 12.1 Å². The van der Waals surface area contributed by atoms with Crippen molar-refractivity contribution in [3.63, 3.8) is 0 Å². The number of carbonyl (C=O) groups excluding carboxylic acids is 3. The van der Waals surface area contributed by atoms with Crippen LogP contribution in [0.15, 0.2) is 72.9 Å². The van der Waals surface area contributed by atoms with Crippen molar-refractivity contribution in [2.75, 3.05) is 13.2 Å². The number of rotatable bonds is 62. The second-order valence-corrected chi connectivity index (χ2v) is 22.7. The second kappa shape index (κ2) is 66.4. The first-order chi connectivity index (χ1) is 38.5. The van der Waals surface area contributed by atoms with Crippen molar-refractivity contribution in [2.45, 2.75) is 354 Å². The standard InChI is InChI=1S/C72H128O6/c1-4-7-10-13-16-19-22-25-27-28-29-30-31-32-33-34-35-36-37-38-39-40-41-42-43-44-46-47-50-53-56-59-62-65-71(74)77-68-69(67-76-70(73)64-61-58-55-52-49-24-21-18-15-12-9-6-3)78-72(75)66-63-60-57-54-51-48-45-26-23-20-17-14-11-8-5-2/h8,11,17-18,20-21,26,45,51,54,60,63,69H,4-7,9-10,12-16,19,22-25,27-44,46-50,52-53,55-59,61-62,64-68H2,1-3H3/b11-8-,20-17-,21-18-,45-26-,54-51-,63-60-. The van der Waals surface area contributed by atoms with Crippen LogP contribution in [0.4, 0.5) is 0 Å². The summed E-state index contributed by atoms with van der Waals surface area (Å²) in [7, 11) is 0. The Balaban J connectivity index is 4.12. The van der Waals surface area contributed by atoms with Crippen molar-refractivity contribution in [3.8, 4) is 0 Å². The highest BCUT2D eigenvalue weighted by molar-refractivity contribution is 5.72. The van der Waals surface area contributed by atoms with Crippen LogP contribution in [0, 0.1) is 0 Å². The smallest absolute Gasteiger partial charge is 0.310 e. The first-order valence-electron chi connectivity index (χ1n) is 33.9. The molecule has 0 radical (unpaired) electrons. The Labute approximate surface area is 484 Å². The zero-order valence-electron chi connectivity index (χ0n) is 51.9. The molecule has 0 N–H and O–H groups in total. The van der Waals surface area contributed by atoms with Gasteiger partial charge in [0.1, 0.15) is 13.2 Å². The Bertz CT molecular complexity index is 1440. The van der Waals surface area contributed by atoms with Crippen molar-refractivity contribution >= 4 is 17.9 Å². The second-order valence-electron chi connectivity index (χ2n) is 22.7. The molecule has 0 fully saturated rings. The Morgan fingerprint density at radius 3 is 0.859 bits per heavy atom. The quantitative estimate of drug-likeness (QED) is 0.0261. The zero-order chi connectivity index (χ0) is 56.4. The lowest BCUT2D eigenvalue weighted by Gasteiger charge is -2.18. The van der Waals surface area contributed by atoms with Crippen LogP contribution in [0.3, 0.4) is 0 Å². The number of unbranched alkanes of at least 4 members (excludes halogenated alkanes) is 40. The maximum absolute atomic E-state index is 12.8. The van der Waals surface area contributed by atoms with Gasteiger partial charge in [-0.3, -0.25) is 14.4 Å². The molecule has 0 rings (SSSR count). The Kier molecular flexibility index (Phi) is 63.7. The summed E-state index contributed by atoms with van der Waals surface area (Å²) >= 11 is 0. The molecule has 0 heterocycles. The molecule has 1 unspecified atom stereocenters. The maximum atomic E-state index is 12.8. The minimum absolute atomic E-state index is 0.0975. The molecule has 0 saturated heterocycles. The highest BCUT2D eigenvalue weighted by Gasteiger charge is 2.19. The number of allylic oxidation sites excluding steroid dienone is 11. The molecule has 0 aromatic heterocycles. The normalized spacial score (nSPS) is 12.5. The van der Waals surface area contributed by atoms with E-state index in [0.29, 0.717) is 12.8 Å². The molecule has 0 saturated carbocycles. The summed E-state index contributed by atoms with van der Waals surface area (Å²) in [6.45, 7) is 6.45. The minimum atomic E-state index is -0.832. The monoisotopic (exact) mass is 1090 g/mol. The van der Waals surface area contributed by atoms with Gasteiger partial charge in [0.05, 0.1) is 6.42 Å². The summed E-state index contributed by atoms with van der Waals surface area (Å²) in [6, 6.07) is 0. The molecule has 452 valence electrons. The van der Waals surface area contributed by atoms with E-state index in [0.717, 1.165) is 83.5 Å². The zero-order valence-corrected chi connectivity index (χ0v) is 51.9. The highest BCUT2D eigenvalue weighted by atomic mass is 16.6. The minimum Gasteiger partial charge on any atom is -0.462 e. The Morgan fingerprint density at radius 2 is 0.538 bits per heavy atom. The molecule has 78 heavy (non-hydrogen) atoms. The summed E-state index contributed by atoms with van der Waals surface area (Å²) in [6.07, 6.45) is 87.0. The lowest BCUT2D eigenvalue weighted by atomic mass is 10.0. The van der Waals surface area contributed by atoms with Crippen LogP contribution in [-0.2, 0) is 28.6 Å². The Hall–Kier alpha value is -3.15. The fourth-order valence-corrected chi connectivity index (χ4v) is 9.93. The van der Waals surface area contributed by atoms with Gasteiger partial charge in [-0.05, 0) is 70.6 Å². The van der Waals surface area contributed by atoms with Crippen LogP contribution in [0.1, 0.15) is 348 Å². The summed E-state index contributed by atoms with van der Waals surface area (Å²) in [4.78, 5) is 38.1. The summed E-state index contributed by atoms with van der Waals surface area (Å²) in [5.74, 6) is -1.04. The van der Waals surface area contributed by atoms with E-state index >= 15 is 0 Å². The van der Waals surface area contributed by atoms with Gasteiger partial charge >= 0.3 is 17.9 Å². The van der Waals surface area contributed by atoms with E-state index in [1.165, 1.54) is 225 Å². The molecule has 0 amide bonds. The number of ether oxygens (including phenoxy) is 3. The average Bonchev–Trinajstić information content (AvgIpc) is 3.44. The first kappa shape index (κ1) is 74.8. The number of carbonyl (C=O) groups is 3. The third-order valence-corrected chi connectivity index (χ3v) is 15.0. The van der Waals surface area contributed by atoms with E-state index in [9.17, 15) is 14.4 Å². The predicted octanol–water partition coefficient (Wildman–Crippen LogP) is 23.3. The topological polar surface area (TPSA) is 78.9 Å². The SMILES string of the molecule is CC/C=C\C/C=C\C/C=C\C/C=C\C/C=C\CC(=O)OC(COC(=O)CCCCCCC/C=C\CCCCC)COC(=O)CCCCCCCCCCCCCCCCCCCCCCCCCCCCCCCCCCC. The van der Waals surface area contributed by atoms with Crippen molar-refractivity contribution in [1.82, 2.24) is 0 Å². The third-order valence-electron chi connectivity index (χ3n) is 15.0. The van der Waals surface area contributed by atoms with Crippen molar-refractivity contribution in [1.29, 1.82) is 0 Å². The molecule has 6 nitrogen and oxygen atoms in total. The lowest BCUT2D eigenvalue weighted by molar-refractivity contribution is -0.166. The van der Waals surface area contributed by atoms with Crippen LogP contribution in [0.5, 0.6) is 0 Å². The van der Waals surface area contributed by atoms with E-state index in [-0.39, 0.29) is 31.6 Å². The van der Waals surface area contributed by atoms with Crippen LogP contribution < -0.4 is 0 Å². The summed E-state index contributed by atoms with van der Waals surface area (Å²) in [5, 5.41) is 0. The summed E-state index contributed by atoms with van der Waals surface area (Å²) < 4.78 is 16.8. The van der Waals surface area contributed by atoms with E-state index in [1.807, 2.05) is 6.08 Å². The van der Waals surface area contributed by atoms with Crippen molar-refractivity contribution < 1.29 is 28.6 Å². The molecular formula is C72H128O6. The van der Waals surface area contributed by atoms with Gasteiger partial charge in [0, 0.05) is 12.8 Å². The largest absolute Gasteiger partial charge is 0.462 e. The molecule has 0 aliphatic carbocycles. The Morgan fingerprint density at radius 1 is 0.282 bits per heavy atom. The molecule has 0 spiro atoms. The fraction of sp³-hybridized carbons (Fsp3) is 0.792. The highest BCUT2D eigenvalue weighted by Crippen LogP contribution is 2.18. The van der Waals surface area contributed by atoms with Gasteiger partial charge < -0.3 is 14.2 Å². The van der Waals surface area contributed by atoms with Gasteiger partial charge in [-0.1, -0.05) is 331 Å². The van der Waals surface area contributed by atoms with E-state index in [1.54, 1.807) is 6.08 Å². The number of esters is 3. The molecule has 6 heteroatoms. The van der Waals surface area contributed by atoms with Crippen LogP contribution >= 0.6 is 0 Å². The number of hydrogen-bond donors (Lipinski definition) is 0. The van der Waals surface area contributed by atoms with Crippen LogP contribution in [0.2, 0.25) is 0 Å². The van der Waals surface area contributed by atoms with Crippen LogP contribution in [0.25, 0.3) is 0 Å². The third kappa shape index (κ3) is 63.7. The predicted molar refractivity (Wildman–Crippen MR) is 339 cm³/mol. The molecule has 0 bridgehead atoms. The molecule has 1 atom stereocenters.